The minimum absolute atomic E-state index is 0.135. The summed E-state index contributed by atoms with van der Waals surface area (Å²) in [6, 6.07) is 0.512. The Bertz CT molecular complexity index is 228. The predicted octanol–water partition coefficient (Wildman–Crippen LogP) is 2.48. The minimum atomic E-state index is 0.135. The average Bonchev–Trinajstić information content (AvgIpc) is 2.79. The van der Waals surface area contributed by atoms with Crippen molar-refractivity contribution in [3.63, 3.8) is 0 Å². The summed E-state index contributed by atoms with van der Waals surface area (Å²) < 4.78 is 0. The van der Waals surface area contributed by atoms with Gasteiger partial charge in [-0.15, -0.1) is 0 Å². The van der Waals surface area contributed by atoms with Gasteiger partial charge in [-0.3, -0.25) is 4.79 Å². The molecule has 2 fully saturated rings. The highest BCUT2D eigenvalue weighted by atomic mass is 16.1. The summed E-state index contributed by atoms with van der Waals surface area (Å²) >= 11 is 0. The standard InChI is InChI=1S/C12H21NO/c1-9(2)11(14)13-10-8-12(10)6-4-3-5-7-12/h9-10H,3-8H2,1-2H3,(H,13,14). The number of amides is 1. The summed E-state index contributed by atoms with van der Waals surface area (Å²) in [4.78, 5) is 11.5. The highest BCUT2D eigenvalue weighted by molar-refractivity contribution is 5.78. The van der Waals surface area contributed by atoms with Crippen molar-refractivity contribution in [3.8, 4) is 0 Å². The van der Waals surface area contributed by atoms with Crippen LogP contribution in [0.3, 0.4) is 0 Å². The Morgan fingerprint density at radius 1 is 1.29 bits per heavy atom. The Morgan fingerprint density at radius 3 is 2.50 bits per heavy atom. The summed E-state index contributed by atoms with van der Waals surface area (Å²) in [6.45, 7) is 3.93. The van der Waals surface area contributed by atoms with Gasteiger partial charge >= 0.3 is 0 Å². The molecule has 2 aliphatic carbocycles. The molecule has 1 unspecified atom stereocenters. The molecule has 1 spiro atoms. The van der Waals surface area contributed by atoms with Crippen molar-refractivity contribution in [1.82, 2.24) is 5.32 Å². The Kier molecular flexibility index (Phi) is 2.54. The maximum Gasteiger partial charge on any atom is 0.222 e. The number of hydrogen-bond donors (Lipinski definition) is 1. The van der Waals surface area contributed by atoms with Gasteiger partial charge in [-0.25, -0.2) is 0 Å². The molecule has 2 saturated carbocycles. The molecule has 2 rings (SSSR count). The molecule has 0 aromatic rings. The summed E-state index contributed by atoms with van der Waals surface area (Å²) in [5.74, 6) is 0.369. The fourth-order valence-electron chi connectivity index (χ4n) is 2.70. The largest absolute Gasteiger partial charge is 0.353 e. The molecule has 0 heterocycles. The normalized spacial score (nSPS) is 29.2. The van der Waals surface area contributed by atoms with Crippen LogP contribution in [0.2, 0.25) is 0 Å². The van der Waals surface area contributed by atoms with Gasteiger partial charge in [-0.05, 0) is 24.7 Å². The number of rotatable bonds is 2. The summed E-state index contributed by atoms with van der Waals surface area (Å²) in [7, 11) is 0. The van der Waals surface area contributed by atoms with E-state index in [4.69, 9.17) is 0 Å². The van der Waals surface area contributed by atoms with Crippen LogP contribution < -0.4 is 5.32 Å². The molecule has 2 nitrogen and oxygen atoms in total. The van der Waals surface area contributed by atoms with E-state index in [1.165, 1.54) is 38.5 Å². The molecule has 14 heavy (non-hydrogen) atoms. The maximum absolute atomic E-state index is 11.5. The first-order valence-corrected chi connectivity index (χ1v) is 5.94. The molecular formula is C12H21NO. The second-order valence-corrected chi connectivity index (χ2v) is 5.34. The fourth-order valence-corrected chi connectivity index (χ4v) is 2.70. The van der Waals surface area contributed by atoms with Crippen molar-refractivity contribution in [2.45, 2.75) is 58.4 Å². The van der Waals surface area contributed by atoms with Crippen LogP contribution in [0.25, 0.3) is 0 Å². The lowest BCUT2D eigenvalue weighted by atomic mass is 9.85. The van der Waals surface area contributed by atoms with E-state index in [9.17, 15) is 4.79 Å². The van der Waals surface area contributed by atoms with Gasteiger partial charge in [0.05, 0.1) is 0 Å². The molecule has 1 amide bonds. The first-order valence-electron chi connectivity index (χ1n) is 5.94. The molecule has 0 aliphatic heterocycles. The Hall–Kier alpha value is -0.530. The van der Waals surface area contributed by atoms with E-state index in [0.29, 0.717) is 11.5 Å². The van der Waals surface area contributed by atoms with Gasteiger partial charge in [0.2, 0.25) is 5.91 Å². The van der Waals surface area contributed by atoms with Crippen LogP contribution in [0.1, 0.15) is 52.4 Å². The van der Waals surface area contributed by atoms with Crippen molar-refractivity contribution >= 4 is 5.91 Å². The van der Waals surface area contributed by atoms with E-state index < -0.39 is 0 Å². The van der Waals surface area contributed by atoms with E-state index in [2.05, 4.69) is 5.32 Å². The molecule has 1 N–H and O–H groups in total. The highest BCUT2D eigenvalue weighted by Gasteiger charge is 2.54. The average molecular weight is 195 g/mol. The smallest absolute Gasteiger partial charge is 0.222 e. The van der Waals surface area contributed by atoms with Gasteiger partial charge in [0.1, 0.15) is 0 Å². The molecule has 0 aromatic carbocycles. The Balaban J connectivity index is 1.83. The van der Waals surface area contributed by atoms with E-state index in [1.807, 2.05) is 13.8 Å². The van der Waals surface area contributed by atoms with Crippen LogP contribution in [0.15, 0.2) is 0 Å². The van der Waals surface area contributed by atoms with Crippen LogP contribution >= 0.6 is 0 Å². The molecule has 0 aromatic heterocycles. The van der Waals surface area contributed by atoms with Gasteiger partial charge in [-0.2, -0.15) is 0 Å². The van der Waals surface area contributed by atoms with Gasteiger partial charge in [-0.1, -0.05) is 33.1 Å². The Labute approximate surface area is 86.5 Å². The van der Waals surface area contributed by atoms with Crippen LogP contribution in [-0.2, 0) is 4.79 Å². The quantitative estimate of drug-likeness (QED) is 0.720. The van der Waals surface area contributed by atoms with Crippen molar-refractivity contribution in [3.05, 3.63) is 0 Å². The third-order valence-corrected chi connectivity index (χ3v) is 3.88. The zero-order valence-corrected chi connectivity index (χ0v) is 9.31. The monoisotopic (exact) mass is 195 g/mol. The van der Waals surface area contributed by atoms with Crippen molar-refractivity contribution in [1.29, 1.82) is 0 Å². The van der Waals surface area contributed by atoms with Crippen LogP contribution in [0.5, 0.6) is 0 Å². The molecule has 2 heteroatoms. The number of carbonyl (C=O) groups is 1. The van der Waals surface area contributed by atoms with E-state index in [0.717, 1.165) is 0 Å². The van der Waals surface area contributed by atoms with Crippen LogP contribution in [0.4, 0.5) is 0 Å². The lowest BCUT2D eigenvalue weighted by Crippen LogP contribution is -2.33. The fraction of sp³-hybridized carbons (Fsp3) is 0.917. The van der Waals surface area contributed by atoms with Gasteiger partial charge in [0.25, 0.3) is 0 Å². The Morgan fingerprint density at radius 2 is 1.93 bits per heavy atom. The van der Waals surface area contributed by atoms with Crippen LogP contribution in [-0.4, -0.2) is 11.9 Å². The third kappa shape index (κ3) is 1.79. The molecule has 2 aliphatic rings. The highest BCUT2D eigenvalue weighted by Crippen LogP contribution is 2.56. The third-order valence-electron chi connectivity index (χ3n) is 3.88. The molecule has 0 bridgehead atoms. The first kappa shape index (κ1) is 10.0. The van der Waals surface area contributed by atoms with Crippen molar-refractivity contribution in [2.75, 3.05) is 0 Å². The van der Waals surface area contributed by atoms with Crippen LogP contribution in [0, 0.1) is 11.3 Å². The van der Waals surface area contributed by atoms with Gasteiger partial charge in [0, 0.05) is 12.0 Å². The maximum atomic E-state index is 11.5. The van der Waals surface area contributed by atoms with E-state index >= 15 is 0 Å². The molecule has 0 saturated heterocycles. The summed E-state index contributed by atoms with van der Waals surface area (Å²) in [5.41, 5.74) is 0.531. The number of hydrogen-bond acceptors (Lipinski definition) is 1. The second-order valence-electron chi connectivity index (χ2n) is 5.34. The second kappa shape index (κ2) is 3.56. The number of carbonyl (C=O) groups excluding carboxylic acids is 1. The lowest BCUT2D eigenvalue weighted by molar-refractivity contribution is -0.124. The SMILES string of the molecule is CC(C)C(=O)NC1CC12CCCCC2. The molecule has 80 valence electrons. The lowest BCUT2D eigenvalue weighted by Gasteiger charge is -2.22. The van der Waals surface area contributed by atoms with E-state index in [1.54, 1.807) is 0 Å². The first-order chi connectivity index (χ1) is 6.64. The van der Waals surface area contributed by atoms with Gasteiger partial charge in [0.15, 0.2) is 0 Å². The zero-order valence-electron chi connectivity index (χ0n) is 9.31. The summed E-state index contributed by atoms with van der Waals surface area (Å²) in [5, 5.41) is 3.17. The predicted molar refractivity (Wildman–Crippen MR) is 56.9 cm³/mol. The van der Waals surface area contributed by atoms with Crippen molar-refractivity contribution < 1.29 is 4.79 Å². The molecule has 1 atom stereocenters. The summed E-state index contributed by atoms with van der Waals surface area (Å²) in [6.07, 6.45) is 8.06. The zero-order chi connectivity index (χ0) is 10.2. The van der Waals surface area contributed by atoms with Crippen molar-refractivity contribution in [2.24, 2.45) is 11.3 Å². The number of nitrogens with one attached hydrogen (secondary N) is 1. The molecular weight excluding hydrogens is 174 g/mol. The molecule has 0 radical (unpaired) electrons. The van der Waals surface area contributed by atoms with E-state index in [-0.39, 0.29) is 11.8 Å². The topological polar surface area (TPSA) is 29.1 Å². The minimum Gasteiger partial charge on any atom is -0.353 e. The van der Waals surface area contributed by atoms with Gasteiger partial charge < -0.3 is 5.32 Å².